The van der Waals surface area contributed by atoms with Gasteiger partial charge in [-0.3, -0.25) is 0 Å². The Morgan fingerprint density at radius 2 is 1.95 bits per heavy atom. The molecule has 108 valence electrons. The molecule has 0 atom stereocenters. The molecule has 0 aliphatic carbocycles. The number of fused-ring (bicyclic) bond motifs is 1. The molecule has 2 heterocycles. The Labute approximate surface area is 135 Å². The molecule has 0 bridgehead atoms. The quantitative estimate of drug-likeness (QED) is 0.535. The molecule has 0 unspecified atom stereocenters. The second-order valence-corrected chi connectivity index (χ2v) is 5.79. The van der Waals surface area contributed by atoms with Crippen molar-refractivity contribution in [3.63, 3.8) is 0 Å². The SMILES string of the molecule is COc1nc(Cl)c(Cl)c2nc(SCc3ccccc3)nn12. The van der Waals surface area contributed by atoms with Crippen LogP contribution in [0.25, 0.3) is 5.65 Å². The lowest BCUT2D eigenvalue weighted by molar-refractivity contribution is 0.366. The Bertz CT molecular complexity index is 779. The summed E-state index contributed by atoms with van der Waals surface area (Å²) < 4.78 is 6.58. The number of hydrogen-bond acceptors (Lipinski definition) is 5. The highest BCUT2D eigenvalue weighted by molar-refractivity contribution is 7.98. The smallest absolute Gasteiger partial charge is 0.320 e. The van der Waals surface area contributed by atoms with Gasteiger partial charge in [-0.25, -0.2) is 0 Å². The van der Waals surface area contributed by atoms with Crippen LogP contribution in [0.4, 0.5) is 0 Å². The number of methoxy groups -OCH3 is 1. The minimum absolute atomic E-state index is 0.146. The van der Waals surface area contributed by atoms with Crippen LogP contribution >= 0.6 is 35.0 Å². The average molecular weight is 341 g/mol. The maximum atomic E-state index is 6.10. The fourth-order valence-corrected chi connectivity index (χ4v) is 2.86. The first kappa shape index (κ1) is 14.4. The molecule has 0 aliphatic heterocycles. The van der Waals surface area contributed by atoms with E-state index in [2.05, 4.69) is 27.2 Å². The maximum Gasteiger partial charge on any atom is 0.320 e. The number of aromatic nitrogens is 4. The number of thioether (sulfide) groups is 1. The molecular formula is C13H10Cl2N4OS. The molecule has 0 N–H and O–H groups in total. The summed E-state index contributed by atoms with van der Waals surface area (Å²) in [6, 6.07) is 10.3. The van der Waals surface area contributed by atoms with E-state index in [0.717, 1.165) is 5.75 Å². The third kappa shape index (κ3) is 2.92. The third-order valence-electron chi connectivity index (χ3n) is 2.73. The van der Waals surface area contributed by atoms with Crippen LogP contribution in [0.15, 0.2) is 35.5 Å². The molecule has 0 fully saturated rings. The first-order valence-corrected chi connectivity index (χ1v) is 7.75. The van der Waals surface area contributed by atoms with Crippen LogP contribution < -0.4 is 4.74 Å². The van der Waals surface area contributed by atoms with E-state index in [1.807, 2.05) is 18.2 Å². The van der Waals surface area contributed by atoms with Crippen molar-refractivity contribution in [2.75, 3.05) is 7.11 Å². The zero-order chi connectivity index (χ0) is 14.8. The highest BCUT2D eigenvalue weighted by Gasteiger charge is 2.16. The van der Waals surface area contributed by atoms with Crippen LogP contribution in [-0.2, 0) is 5.75 Å². The predicted molar refractivity (Wildman–Crippen MR) is 83.4 cm³/mol. The molecule has 3 aromatic rings. The van der Waals surface area contributed by atoms with Crippen molar-refractivity contribution in [3.8, 4) is 6.01 Å². The summed E-state index contributed by atoms with van der Waals surface area (Å²) in [4.78, 5) is 8.39. The highest BCUT2D eigenvalue weighted by Crippen LogP contribution is 2.29. The van der Waals surface area contributed by atoms with Crippen molar-refractivity contribution in [3.05, 3.63) is 46.1 Å². The minimum atomic E-state index is 0.146. The predicted octanol–water partition coefficient (Wildman–Crippen LogP) is 3.73. The van der Waals surface area contributed by atoms with Gasteiger partial charge in [-0.05, 0) is 5.56 Å². The van der Waals surface area contributed by atoms with Gasteiger partial charge in [0, 0.05) is 5.75 Å². The summed E-state index contributed by atoms with van der Waals surface area (Å²) in [6.45, 7) is 0. The molecular weight excluding hydrogens is 331 g/mol. The fourth-order valence-electron chi connectivity index (χ4n) is 1.76. The van der Waals surface area contributed by atoms with Gasteiger partial charge in [0.2, 0.25) is 5.16 Å². The summed E-state index contributed by atoms with van der Waals surface area (Å²) >= 11 is 13.6. The monoisotopic (exact) mass is 340 g/mol. The van der Waals surface area contributed by atoms with Gasteiger partial charge in [-0.1, -0.05) is 65.3 Å². The molecule has 0 amide bonds. The molecule has 5 nitrogen and oxygen atoms in total. The number of halogens is 2. The van der Waals surface area contributed by atoms with E-state index in [0.29, 0.717) is 10.8 Å². The molecule has 0 aliphatic rings. The third-order valence-corrected chi connectivity index (χ3v) is 4.36. The largest absolute Gasteiger partial charge is 0.467 e. The molecule has 0 saturated heterocycles. The molecule has 0 radical (unpaired) electrons. The molecule has 3 rings (SSSR count). The zero-order valence-corrected chi connectivity index (χ0v) is 13.3. The Balaban J connectivity index is 1.92. The van der Waals surface area contributed by atoms with Crippen LogP contribution in [0.5, 0.6) is 6.01 Å². The lowest BCUT2D eigenvalue weighted by Gasteiger charge is -2.02. The standard InChI is InChI=1S/C13H10Cl2N4OS/c1-20-13-16-10(15)9(14)11-17-12(18-19(11)13)21-7-8-5-3-2-4-6-8/h2-6H,7H2,1H3. The number of benzene rings is 1. The summed E-state index contributed by atoms with van der Waals surface area (Å²) in [5.41, 5.74) is 1.62. The minimum Gasteiger partial charge on any atom is -0.467 e. The first-order chi connectivity index (χ1) is 10.2. The summed E-state index contributed by atoms with van der Waals surface area (Å²) in [7, 11) is 1.49. The van der Waals surface area contributed by atoms with Gasteiger partial charge in [0.15, 0.2) is 10.8 Å². The summed E-state index contributed by atoms with van der Waals surface area (Å²) in [5, 5.41) is 5.33. The fraction of sp³-hybridized carbons (Fsp3) is 0.154. The summed E-state index contributed by atoms with van der Waals surface area (Å²) in [6.07, 6.45) is 0. The van der Waals surface area contributed by atoms with Crippen molar-refractivity contribution < 1.29 is 4.74 Å². The Morgan fingerprint density at radius 3 is 2.67 bits per heavy atom. The lowest BCUT2D eigenvalue weighted by atomic mass is 10.2. The van der Waals surface area contributed by atoms with Gasteiger partial charge in [-0.2, -0.15) is 14.5 Å². The van der Waals surface area contributed by atoms with Crippen LogP contribution in [0.1, 0.15) is 5.56 Å². The van der Waals surface area contributed by atoms with Crippen molar-refractivity contribution in [1.29, 1.82) is 0 Å². The van der Waals surface area contributed by atoms with Gasteiger partial charge in [-0.15, -0.1) is 5.10 Å². The lowest BCUT2D eigenvalue weighted by Crippen LogP contribution is -2.00. The molecule has 0 spiro atoms. The van der Waals surface area contributed by atoms with Gasteiger partial charge in [0.25, 0.3) is 0 Å². The molecule has 21 heavy (non-hydrogen) atoms. The van der Waals surface area contributed by atoms with Crippen molar-refractivity contribution >= 4 is 40.6 Å². The van der Waals surface area contributed by atoms with E-state index >= 15 is 0 Å². The number of ether oxygens (including phenoxy) is 1. The molecule has 0 saturated carbocycles. The van der Waals surface area contributed by atoms with Gasteiger partial charge < -0.3 is 4.74 Å². The van der Waals surface area contributed by atoms with E-state index < -0.39 is 0 Å². The topological polar surface area (TPSA) is 52.3 Å². The maximum absolute atomic E-state index is 6.10. The zero-order valence-electron chi connectivity index (χ0n) is 11.0. The number of hydrogen-bond donors (Lipinski definition) is 0. The second kappa shape index (κ2) is 6.09. The van der Waals surface area contributed by atoms with Crippen LogP contribution in [0.2, 0.25) is 10.2 Å². The average Bonchev–Trinajstić information content (AvgIpc) is 2.94. The molecule has 8 heteroatoms. The van der Waals surface area contributed by atoms with Crippen molar-refractivity contribution in [2.45, 2.75) is 10.9 Å². The van der Waals surface area contributed by atoms with Crippen LogP contribution in [0.3, 0.4) is 0 Å². The second-order valence-electron chi connectivity index (χ2n) is 4.11. The van der Waals surface area contributed by atoms with Gasteiger partial charge in [0.05, 0.1) is 7.11 Å². The van der Waals surface area contributed by atoms with Crippen molar-refractivity contribution in [2.24, 2.45) is 0 Å². The Kier molecular flexibility index (Phi) is 4.19. The molecule has 1 aromatic carbocycles. The van der Waals surface area contributed by atoms with Gasteiger partial charge >= 0.3 is 6.01 Å². The normalized spacial score (nSPS) is 11.0. The number of rotatable bonds is 4. The first-order valence-electron chi connectivity index (χ1n) is 6.01. The van der Waals surface area contributed by atoms with Crippen molar-refractivity contribution in [1.82, 2.24) is 19.6 Å². The van der Waals surface area contributed by atoms with Gasteiger partial charge in [0.1, 0.15) is 5.02 Å². The molecule has 2 aromatic heterocycles. The van der Waals surface area contributed by atoms with E-state index in [4.69, 9.17) is 27.9 Å². The van der Waals surface area contributed by atoms with E-state index in [1.54, 1.807) is 0 Å². The Hall–Kier alpha value is -1.50. The highest BCUT2D eigenvalue weighted by atomic mass is 35.5. The van der Waals surface area contributed by atoms with E-state index in [9.17, 15) is 0 Å². The van der Waals surface area contributed by atoms with E-state index in [1.165, 1.54) is 29.0 Å². The van der Waals surface area contributed by atoms with Crippen LogP contribution in [0, 0.1) is 0 Å². The van der Waals surface area contributed by atoms with Crippen LogP contribution in [-0.4, -0.2) is 26.7 Å². The van der Waals surface area contributed by atoms with E-state index in [-0.39, 0.29) is 16.2 Å². The number of nitrogens with zero attached hydrogens (tertiary/aromatic N) is 4. The Morgan fingerprint density at radius 1 is 1.19 bits per heavy atom. The summed E-state index contributed by atoms with van der Waals surface area (Å²) in [5.74, 6) is 0.763.